The van der Waals surface area contributed by atoms with E-state index in [1.54, 1.807) is 39.3 Å². The van der Waals surface area contributed by atoms with Gasteiger partial charge in [0.25, 0.3) is 15.9 Å². The van der Waals surface area contributed by atoms with Crippen LogP contribution in [0.2, 0.25) is 0 Å². The molecule has 0 saturated heterocycles. The number of carbonyl (C=O) groups is 1. The molecule has 210 valence electrons. The molecule has 1 amide bonds. The summed E-state index contributed by atoms with van der Waals surface area (Å²) in [5, 5.41) is 0.938. The number of sulfonamides is 1. The summed E-state index contributed by atoms with van der Waals surface area (Å²) in [7, 11) is 2.08. The van der Waals surface area contributed by atoms with Gasteiger partial charge in [0, 0.05) is 58.4 Å². The summed E-state index contributed by atoms with van der Waals surface area (Å²) in [5.74, 6) is -1.32. The van der Waals surface area contributed by atoms with Crippen LogP contribution in [0, 0.1) is 5.82 Å². The number of hydrogen-bond acceptors (Lipinski definition) is 4. The molecular formula is C29H31ClFN5O3S. The lowest BCUT2D eigenvalue weighted by atomic mass is 10.1. The minimum Gasteiger partial charge on any atom is -0.348 e. The summed E-state index contributed by atoms with van der Waals surface area (Å²) in [6, 6.07) is 22.4. The van der Waals surface area contributed by atoms with Gasteiger partial charge in [0.2, 0.25) is 5.96 Å². The summed E-state index contributed by atoms with van der Waals surface area (Å²) in [6.45, 7) is 0.476. The molecule has 40 heavy (non-hydrogen) atoms. The fraction of sp³-hybridized carbons (Fsp3) is 0.207. The molecule has 4 rings (SSSR count). The van der Waals surface area contributed by atoms with Gasteiger partial charge < -0.3 is 14.7 Å². The van der Waals surface area contributed by atoms with Gasteiger partial charge in [-0.2, -0.15) is 8.42 Å². The molecule has 0 fully saturated rings. The molecule has 0 aliphatic carbocycles. The standard InChI is InChI=1S/C29H30FN5O3S.ClH/c1-33(2)29(34(3)4)32-39(37,38)27-17-24(14-15-25(27)30)28(36)35(19-21-10-6-5-7-11-21)20-22-16-23-12-8-9-13-26(23)31-18-22;/h5-18H,19-20H2,1-4H3;1H. The molecule has 1 heterocycles. The van der Waals surface area contributed by atoms with Gasteiger partial charge in [0.05, 0.1) is 5.52 Å². The molecule has 0 bridgehead atoms. The third-order valence-electron chi connectivity index (χ3n) is 5.98. The Bertz CT molecular complexity index is 1620. The topological polar surface area (TPSA) is 86.2 Å². The Hall–Kier alpha value is -4.02. The van der Waals surface area contributed by atoms with Crippen molar-refractivity contribution in [1.82, 2.24) is 19.7 Å². The Morgan fingerprint density at radius 3 is 2.15 bits per heavy atom. The lowest BCUT2D eigenvalue weighted by Gasteiger charge is -2.24. The van der Waals surface area contributed by atoms with E-state index >= 15 is 0 Å². The van der Waals surface area contributed by atoms with Gasteiger partial charge in [-0.3, -0.25) is 9.78 Å². The fourth-order valence-electron chi connectivity index (χ4n) is 4.16. The zero-order valence-corrected chi connectivity index (χ0v) is 24.3. The van der Waals surface area contributed by atoms with Crippen molar-refractivity contribution in [3.8, 4) is 0 Å². The number of para-hydroxylation sites is 1. The average molecular weight is 584 g/mol. The molecule has 3 aromatic carbocycles. The van der Waals surface area contributed by atoms with Crippen LogP contribution < -0.4 is 0 Å². The zero-order chi connectivity index (χ0) is 28.2. The van der Waals surface area contributed by atoms with Crippen molar-refractivity contribution in [2.45, 2.75) is 18.0 Å². The number of amides is 1. The van der Waals surface area contributed by atoms with Crippen LogP contribution in [0.25, 0.3) is 10.9 Å². The predicted molar refractivity (Wildman–Crippen MR) is 157 cm³/mol. The Labute approximate surface area is 240 Å². The van der Waals surface area contributed by atoms with Crippen molar-refractivity contribution in [3.05, 3.63) is 108 Å². The molecule has 0 saturated carbocycles. The lowest BCUT2D eigenvalue weighted by Crippen LogP contribution is -2.36. The second-order valence-corrected chi connectivity index (χ2v) is 11.1. The first-order chi connectivity index (χ1) is 18.5. The van der Waals surface area contributed by atoms with Crippen LogP contribution >= 0.6 is 12.4 Å². The predicted octanol–water partition coefficient (Wildman–Crippen LogP) is 4.81. The highest BCUT2D eigenvalue weighted by Crippen LogP contribution is 2.23. The summed E-state index contributed by atoms with van der Waals surface area (Å²) >= 11 is 0. The Morgan fingerprint density at radius 2 is 1.48 bits per heavy atom. The summed E-state index contributed by atoms with van der Waals surface area (Å²) in [5.41, 5.74) is 2.57. The van der Waals surface area contributed by atoms with Gasteiger partial charge in [-0.05, 0) is 41.5 Å². The largest absolute Gasteiger partial charge is 0.348 e. The Balaban J connectivity index is 0.00000441. The summed E-state index contributed by atoms with van der Waals surface area (Å²) in [6.07, 6.45) is 1.72. The summed E-state index contributed by atoms with van der Waals surface area (Å²) < 4.78 is 44.9. The molecule has 8 nitrogen and oxygen atoms in total. The molecule has 0 aliphatic heterocycles. The van der Waals surface area contributed by atoms with Crippen molar-refractivity contribution in [2.75, 3.05) is 28.2 Å². The third kappa shape index (κ3) is 7.13. The number of benzene rings is 3. The van der Waals surface area contributed by atoms with Crippen molar-refractivity contribution in [2.24, 2.45) is 4.40 Å². The van der Waals surface area contributed by atoms with Crippen molar-refractivity contribution in [1.29, 1.82) is 0 Å². The van der Waals surface area contributed by atoms with Gasteiger partial charge in [0.15, 0.2) is 0 Å². The molecule has 0 N–H and O–H groups in total. The molecule has 0 spiro atoms. The van der Waals surface area contributed by atoms with E-state index in [0.717, 1.165) is 34.2 Å². The number of guanidine groups is 1. The number of hydrogen-bond donors (Lipinski definition) is 0. The maximum Gasteiger partial charge on any atom is 0.288 e. The molecule has 1 aromatic heterocycles. The number of pyridine rings is 1. The Morgan fingerprint density at radius 1 is 0.850 bits per heavy atom. The Kier molecular flexibility index (Phi) is 9.83. The van der Waals surface area contributed by atoms with Crippen LogP contribution in [0.15, 0.2) is 94.4 Å². The van der Waals surface area contributed by atoms with Gasteiger partial charge in [-0.1, -0.05) is 48.5 Å². The molecule has 4 aromatic rings. The second kappa shape index (κ2) is 12.9. The highest BCUT2D eigenvalue weighted by atomic mass is 35.5. The molecular weight excluding hydrogens is 553 g/mol. The van der Waals surface area contributed by atoms with E-state index in [1.807, 2.05) is 60.7 Å². The van der Waals surface area contributed by atoms with Gasteiger partial charge >= 0.3 is 0 Å². The van der Waals surface area contributed by atoms with Crippen LogP contribution in [0.3, 0.4) is 0 Å². The monoisotopic (exact) mass is 583 g/mol. The average Bonchev–Trinajstić information content (AvgIpc) is 2.91. The summed E-state index contributed by atoms with van der Waals surface area (Å²) in [4.78, 5) is 22.2. The smallest absolute Gasteiger partial charge is 0.288 e. The van der Waals surface area contributed by atoms with E-state index < -0.39 is 26.6 Å². The third-order valence-corrected chi connectivity index (χ3v) is 7.25. The maximum atomic E-state index is 14.8. The minimum absolute atomic E-state index is 0. The minimum atomic E-state index is -4.46. The highest BCUT2D eigenvalue weighted by molar-refractivity contribution is 7.90. The SMILES string of the molecule is CN(C)C(=NS(=O)(=O)c1cc(C(=O)N(Cc2ccccc2)Cc2cnc3ccccc3c2)ccc1F)N(C)C.Cl. The van der Waals surface area contributed by atoms with Gasteiger partial charge in [-0.15, -0.1) is 16.8 Å². The number of aromatic nitrogens is 1. The number of rotatable bonds is 7. The first-order valence-corrected chi connectivity index (χ1v) is 13.6. The van der Waals surface area contributed by atoms with Crippen LogP contribution in [0.1, 0.15) is 21.5 Å². The van der Waals surface area contributed by atoms with E-state index in [-0.39, 0.29) is 37.0 Å². The second-order valence-electron chi connectivity index (χ2n) is 9.48. The van der Waals surface area contributed by atoms with Gasteiger partial charge in [0.1, 0.15) is 10.7 Å². The van der Waals surface area contributed by atoms with Crippen LogP contribution in [-0.4, -0.2) is 68.2 Å². The molecule has 11 heteroatoms. The normalized spacial score (nSPS) is 10.9. The van der Waals surface area contributed by atoms with E-state index in [2.05, 4.69) is 9.38 Å². The van der Waals surface area contributed by atoms with Crippen molar-refractivity contribution >= 4 is 45.2 Å². The number of halogens is 2. The van der Waals surface area contributed by atoms with E-state index in [1.165, 1.54) is 15.9 Å². The number of carbonyl (C=O) groups excluding carboxylic acids is 1. The number of nitrogens with zero attached hydrogens (tertiary/aromatic N) is 5. The van der Waals surface area contributed by atoms with Crippen molar-refractivity contribution < 1.29 is 17.6 Å². The molecule has 0 atom stereocenters. The quantitative estimate of drug-likeness (QED) is 0.229. The number of fused-ring (bicyclic) bond motifs is 1. The molecule has 0 radical (unpaired) electrons. The van der Waals surface area contributed by atoms with Crippen LogP contribution in [0.5, 0.6) is 0 Å². The zero-order valence-electron chi connectivity index (χ0n) is 22.7. The van der Waals surface area contributed by atoms with Gasteiger partial charge in [-0.25, -0.2) is 4.39 Å². The highest BCUT2D eigenvalue weighted by Gasteiger charge is 2.25. The molecule has 0 unspecified atom stereocenters. The van der Waals surface area contributed by atoms with E-state index in [9.17, 15) is 17.6 Å². The van der Waals surface area contributed by atoms with Crippen molar-refractivity contribution in [3.63, 3.8) is 0 Å². The van der Waals surface area contributed by atoms with Crippen LogP contribution in [0.4, 0.5) is 4.39 Å². The fourth-order valence-corrected chi connectivity index (χ4v) is 5.39. The maximum absolute atomic E-state index is 14.8. The van der Waals surface area contributed by atoms with E-state index in [0.29, 0.717) is 0 Å². The molecule has 0 aliphatic rings. The first-order valence-electron chi connectivity index (χ1n) is 12.2. The first kappa shape index (κ1) is 30.5. The van der Waals surface area contributed by atoms with Crippen LogP contribution in [-0.2, 0) is 23.1 Å². The van der Waals surface area contributed by atoms with E-state index in [4.69, 9.17) is 0 Å². The lowest BCUT2D eigenvalue weighted by molar-refractivity contribution is 0.0729.